The van der Waals surface area contributed by atoms with Gasteiger partial charge in [-0.1, -0.05) is 23.9 Å². The molecule has 146 valence electrons. The topological polar surface area (TPSA) is 101 Å². The number of hydrogen-bond donors (Lipinski definition) is 1. The van der Waals surface area contributed by atoms with Crippen molar-refractivity contribution in [1.29, 1.82) is 0 Å². The van der Waals surface area contributed by atoms with Gasteiger partial charge in [-0.2, -0.15) is 13.8 Å². The summed E-state index contributed by atoms with van der Waals surface area (Å²) in [5.74, 6) is -2.71. The Kier molecular flexibility index (Phi) is 6.54. The number of nitrogens with zero attached hydrogens (tertiary/aromatic N) is 3. The van der Waals surface area contributed by atoms with Crippen LogP contribution in [-0.4, -0.2) is 44.3 Å². The summed E-state index contributed by atoms with van der Waals surface area (Å²) in [7, 11) is -1.75. The van der Waals surface area contributed by atoms with E-state index >= 15 is 0 Å². The van der Waals surface area contributed by atoms with E-state index < -0.39 is 26.7 Å². The summed E-state index contributed by atoms with van der Waals surface area (Å²) in [5.41, 5.74) is 0.498. The van der Waals surface area contributed by atoms with Gasteiger partial charge >= 0.3 is 6.03 Å². The zero-order valence-electron chi connectivity index (χ0n) is 14.5. The smallest absolute Gasteiger partial charge is 0.337 e. The lowest BCUT2D eigenvalue weighted by Crippen LogP contribution is -2.41. The van der Waals surface area contributed by atoms with Gasteiger partial charge in [-0.05, 0) is 19.1 Å². The van der Waals surface area contributed by atoms with E-state index in [1.807, 2.05) is 4.72 Å². The lowest BCUT2D eigenvalue weighted by Gasteiger charge is -2.17. The second-order valence-electron chi connectivity index (χ2n) is 5.15. The Bertz CT molecular complexity index is 941. The molecule has 2 rings (SSSR count). The lowest BCUT2D eigenvalue weighted by molar-refractivity contribution is 0.251. The van der Waals surface area contributed by atoms with Gasteiger partial charge in [0.1, 0.15) is 4.90 Å². The Hall–Kier alpha value is -2.47. The second-order valence-corrected chi connectivity index (χ2v) is 7.83. The summed E-state index contributed by atoms with van der Waals surface area (Å²) in [6.45, 7) is 1.65. The normalized spacial score (nSPS) is 11.3. The third-order valence-corrected chi connectivity index (χ3v) is 5.50. The van der Waals surface area contributed by atoms with Crippen LogP contribution in [0.25, 0.3) is 0 Å². The number of amides is 2. The number of hydrogen-bond acceptors (Lipinski definition) is 7. The van der Waals surface area contributed by atoms with Crippen LogP contribution >= 0.6 is 11.8 Å². The molecule has 0 bridgehead atoms. The summed E-state index contributed by atoms with van der Waals surface area (Å²) >= 11 is 0.0720. The molecule has 0 aliphatic heterocycles. The summed E-state index contributed by atoms with van der Waals surface area (Å²) < 4.78 is 57.1. The molecule has 0 saturated carbocycles. The molecule has 2 amide bonds. The van der Waals surface area contributed by atoms with Crippen molar-refractivity contribution in [1.82, 2.24) is 14.7 Å². The second kappa shape index (κ2) is 8.48. The van der Waals surface area contributed by atoms with Gasteiger partial charge in [-0.15, -0.1) is 0 Å². The number of carbonyl (C=O) groups is 1. The number of thioether (sulfide) groups is 1. The van der Waals surface area contributed by atoms with Gasteiger partial charge in [0.15, 0.2) is 0 Å². The molecule has 0 fully saturated rings. The minimum absolute atomic E-state index is 0.0720. The van der Waals surface area contributed by atoms with E-state index in [0.717, 1.165) is 11.0 Å². The van der Waals surface area contributed by atoms with Gasteiger partial charge in [0.05, 0.1) is 7.11 Å². The number of carbonyl (C=O) groups excluding carboxylic acids is 1. The number of aromatic nitrogens is 2. The first-order valence-corrected chi connectivity index (χ1v) is 9.74. The zero-order chi connectivity index (χ0) is 20.2. The van der Waals surface area contributed by atoms with Gasteiger partial charge in [0.25, 0.3) is 15.8 Å². The SMILES string of the molecule is COc1cc(C)nc(N(C)C(=O)NS(=O)(=O)c2ccccc2SC(F)F)n1. The van der Waals surface area contributed by atoms with E-state index in [-0.39, 0.29) is 28.5 Å². The van der Waals surface area contributed by atoms with Crippen molar-refractivity contribution in [2.45, 2.75) is 22.5 Å². The molecule has 1 heterocycles. The van der Waals surface area contributed by atoms with E-state index in [0.29, 0.717) is 5.69 Å². The maximum atomic E-state index is 12.7. The van der Waals surface area contributed by atoms with Gasteiger partial charge in [0, 0.05) is 23.7 Å². The fourth-order valence-corrected chi connectivity index (χ4v) is 4.05. The number of alkyl halides is 2. The minimum Gasteiger partial charge on any atom is -0.481 e. The molecule has 0 aliphatic rings. The van der Waals surface area contributed by atoms with Crippen LogP contribution in [0.4, 0.5) is 19.5 Å². The minimum atomic E-state index is -4.40. The maximum Gasteiger partial charge on any atom is 0.337 e. The number of aryl methyl sites for hydroxylation is 1. The Morgan fingerprint density at radius 3 is 2.59 bits per heavy atom. The molecule has 0 radical (unpaired) electrons. The van der Waals surface area contributed by atoms with E-state index in [1.54, 1.807) is 6.92 Å². The molecule has 27 heavy (non-hydrogen) atoms. The summed E-state index contributed by atoms with van der Waals surface area (Å²) in [6.07, 6.45) is 0. The molecule has 1 aromatic heterocycles. The first-order chi connectivity index (χ1) is 12.6. The van der Waals surface area contributed by atoms with Crippen molar-refractivity contribution >= 4 is 33.8 Å². The predicted molar refractivity (Wildman–Crippen MR) is 95.7 cm³/mol. The van der Waals surface area contributed by atoms with Gasteiger partial charge in [0.2, 0.25) is 11.8 Å². The molecule has 0 spiro atoms. The highest BCUT2D eigenvalue weighted by Crippen LogP contribution is 2.31. The fraction of sp³-hybridized carbons (Fsp3) is 0.267. The van der Waals surface area contributed by atoms with Crippen LogP contribution in [0.5, 0.6) is 5.88 Å². The van der Waals surface area contributed by atoms with Crippen LogP contribution in [0.1, 0.15) is 5.69 Å². The quantitative estimate of drug-likeness (QED) is 0.720. The molecule has 0 unspecified atom stereocenters. The van der Waals surface area contributed by atoms with Crippen LogP contribution < -0.4 is 14.4 Å². The lowest BCUT2D eigenvalue weighted by atomic mass is 10.4. The van der Waals surface area contributed by atoms with Gasteiger partial charge in [-0.25, -0.2) is 22.9 Å². The van der Waals surface area contributed by atoms with Crippen molar-refractivity contribution in [2.24, 2.45) is 0 Å². The third kappa shape index (κ3) is 5.26. The van der Waals surface area contributed by atoms with Crippen molar-refractivity contribution in [3.05, 3.63) is 36.0 Å². The summed E-state index contributed by atoms with van der Waals surface area (Å²) in [5, 5.41) is 0. The largest absolute Gasteiger partial charge is 0.481 e. The number of nitrogens with one attached hydrogen (secondary N) is 1. The molecule has 1 N–H and O–H groups in total. The molecule has 8 nitrogen and oxygen atoms in total. The molecule has 0 atom stereocenters. The van der Waals surface area contributed by atoms with Crippen LogP contribution in [0.15, 0.2) is 40.1 Å². The highest BCUT2D eigenvalue weighted by Gasteiger charge is 2.26. The molecule has 0 aliphatic carbocycles. The van der Waals surface area contributed by atoms with Crippen LogP contribution in [0, 0.1) is 6.92 Å². The highest BCUT2D eigenvalue weighted by molar-refractivity contribution is 8.00. The van der Waals surface area contributed by atoms with Crippen LogP contribution in [-0.2, 0) is 10.0 Å². The average molecular weight is 418 g/mol. The number of methoxy groups -OCH3 is 1. The number of anilines is 1. The molecule has 1 aromatic carbocycles. The molecule has 0 saturated heterocycles. The van der Waals surface area contributed by atoms with Crippen molar-refractivity contribution in [2.75, 3.05) is 19.1 Å². The van der Waals surface area contributed by atoms with E-state index in [2.05, 4.69) is 9.97 Å². The molecular weight excluding hydrogens is 402 g/mol. The van der Waals surface area contributed by atoms with Crippen LogP contribution in [0.3, 0.4) is 0 Å². The van der Waals surface area contributed by atoms with Gasteiger partial charge in [-0.3, -0.25) is 4.90 Å². The standard InChI is InChI=1S/C15H16F2N4O4S2/c1-9-8-12(25-3)19-14(18-9)21(2)15(22)20-27(23,24)11-7-5-4-6-10(11)26-13(16)17/h4-8,13H,1-3H3,(H,20,22). The number of halogens is 2. The van der Waals surface area contributed by atoms with E-state index in [4.69, 9.17) is 4.74 Å². The molecular formula is C15H16F2N4O4S2. The predicted octanol–water partition coefficient (Wildman–Crippen LogP) is 2.64. The van der Waals surface area contributed by atoms with Crippen molar-refractivity contribution < 1.29 is 26.7 Å². The fourth-order valence-electron chi connectivity index (χ4n) is 1.97. The Labute approximate surface area is 159 Å². The number of rotatable bonds is 6. The zero-order valence-corrected chi connectivity index (χ0v) is 16.1. The first-order valence-electron chi connectivity index (χ1n) is 7.38. The monoisotopic (exact) mass is 418 g/mol. The Morgan fingerprint density at radius 1 is 1.30 bits per heavy atom. The third-order valence-electron chi connectivity index (χ3n) is 3.21. The highest BCUT2D eigenvalue weighted by atomic mass is 32.2. The van der Waals surface area contributed by atoms with Crippen molar-refractivity contribution in [3.8, 4) is 5.88 Å². The van der Waals surface area contributed by atoms with Gasteiger partial charge < -0.3 is 4.74 Å². The summed E-state index contributed by atoms with van der Waals surface area (Å²) in [6, 6.07) is 5.63. The average Bonchev–Trinajstić information content (AvgIpc) is 2.59. The number of benzene rings is 1. The first kappa shape index (κ1) is 20.8. The van der Waals surface area contributed by atoms with E-state index in [9.17, 15) is 22.0 Å². The number of ether oxygens (including phenoxy) is 1. The maximum absolute atomic E-state index is 12.7. The van der Waals surface area contributed by atoms with Crippen LogP contribution in [0.2, 0.25) is 0 Å². The Balaban J connectivity index is 2.28. The number of urea groups is 1. The molecule has 12 heteroatoms. The van der Waals surface area contributed by atoms with Crippen molar-refractivity contribution in [3.63, 3.8) is 0 Å². The number of sulfonamides is 1. The Morgan fingerprint density at radius 2 is 1.96 bits per heavy atom. The summed E-state index contributed by atoms with van der Waals surface area (Å²) in [4.78, 5) is 20.6. The van der Waals surface area contributed by atoms with E-state index in [1.165, 1.54) is 38.4 Å². The molecule has 2 aromatic rings.